The summed E-state index contributed by atoms with van der Waals surface area (Å²) in [6.07, 6.45) is 6.76. The predicted octanol–water partition coefficient (Wildman–Crippen LogP) is 2.27. The first-order chi connectivity index (χ1) is 9.69. The van der Waals surface area contributed by atoms with Crippen LogP contribution < -0.4 is 4.90 Å². The Morgan fingerprint density at radius 3 is 3.05 bits per heavy atom. The van der Waals surface area contributed by atoms with Crippen LogP contribution in [0, 0.1) is 5.92 Å². The monoisotopic (exact) mass is 272 g/mol. The number of rotatable bonds is 3. The molecule has 1 atom stereocenters. The van der Waals surface area contributed by atoms with Crippen LogP contribution in [0.25, 0.3) is 5.52 Å². The van der Waals surface area contributed by atoms with Gasteiger partial charge in [-0.3, -0.25) is 0 Å². The molecule has 0 bridgehead atoms. The van der Waals surface area contributed by atoms with E-state index in [1.54, 1.807) is 6.20 Å². The fraction of sp³-hybridized carbons (Fsp3) is 0.533. The van der Waals surface area contributed by atoms with Gasteiger partial charge in [0.25, 0.3) is 0 Å². The molecule has 20 heavy (non-hydrogen) atoms. The Hall–Kier alpha value is -1.91. The number of fused-ring (bicyclic) bond motifs is 1. The van der Waals surface area contributed by atoms with E-state index >= 15 is 0 Å². The van der Waals surface area contributed by atoms with Crippen molar-refractivity contribution in [3.8, 4) is 0 Å². The highest BCUT2D eigenvalue weighted by Crippen LogP contribution is 2.26. The molecule has 0 aliphatic carbocycles. The van der Waals surface area contributed by atoms with Crippen LogP contribution in [-0.4, -0.2) is 34.0 Å². The molecule has 5 nitrogen and oxygen atoms in total. The van der Waals surface area contributed by atoms with Gasteiger partial charge in [-0.2, -0.15) is 5.10 Å². The predicted molar refractivity (Wildman–Crippen MR) is 78.1 cm³/mol. The molecule has 1 aliphatic heterocycles. The lowest BCUT2D eigenvalue weighted by atomic mass is 10.00. The lowest BCUT2D eigenvalue weighted by Crippen LogP contribution is -2.36. The minimum atomic E-state index is 0.123. The Morgan fingerprint density at radius 1 is 1.45 bits per heavy atom. The molecule has 3 heterocycles. The zero-order chi connectivity index (χ0) is 14.1. The minimum absolute atomic E-state index is 0.123. The third-order valence-electron chi connectivity index (χ3n) is 3.93. The summed E-state index contributed by atoms with van der Waals surface area (Å²) in [5.74, 6) is 1.46. The molecule has 0 saturated carbocycles. The number of nitrogens with zero attached hydrogens (tertiary/aromatic N) is 4. The van der Waals surface area contributed by atoms with Crippen molar-refractivity contribution in [2.75, 3.05) is 18.0 Å². The number of hydrogen-bond acceptors (Lipinski definition) is 4. The van der Waals surface area contributed by atoms with Crippen LogP contribution in [0.2, 0.25) is 0 Å². The van der Waals surface area contributed by atoms with Crippen LogP contribution in [0.1, 0.15) is 38.3 Å². The van der Waals surface area contributed by atoms with Crippen molar-refractivity contribution in [1.29, 1.82) is 0 Å². The maximum absolute atomic E-state index is 11.0. The summed E-state index contributed by atoms with van der Waals surface area (Å²) in [7, 11) is 0. The van der Waals surface area contributed by atoms with Crippen molar-refractivity contribution in [2.45, 2.75) is 32.6 Å². The molecule has 3 rings (SSSR count). The van der Waals surface area contributed by atoms with Crippen molar-refractivity contribution >= 4 is 17.6 Å². The molecule has 1 unspecified atom stereocenters. The van der Waals surface area contributed by atoms with E-state index < -0.39 is 0 Å². The first kappa shape index (κ1) is 13.1. The van der Waals surface area contributed by atoms with E-state index in [1.807, 2.05) is 10.7 Å². The summed E-state index contributed by atoms with van der Waals surface area (Å²) in [6.45, 7) is 5.99. The Bertz CT molecular complexity index is 619. The molecule has 0 radical (unpaired) electrons. The molecule has 1 fully saturated rings. The Kier molecular flexibility index (Phi) is 3.42. The zero-order valence-corrected chi connectivity index (χ0v) is 12.0. The molecule has 2 aromatic heterocycles. The maximum Gasteiger partial charge on any atom is 0.154 e. The minimum Gasteiger partial charge on any atom is -0.354 e. The van der Waals surface area contributed by atoms with Crippen LogP contribution in [0.15, 0.2) is 18.5 Å². The molecule has 0 aromatic carbocycles. The normalized spacial score (nSPS) is 19.8. The van der Waals surface area contributed by atoms with Gasteiger partial charge in [0.2, 0.25) is 0 Å². The van der Waals surface area contributed by atoms with Gasteiger partial charge in [0.15, 0.2) is 5.82 Å². The lowest BCUT2D eigenvalue weighted by Gasteiger charge is -2.31. The Labute approximate surface area is 118 Å². The number of aldehydes is 1. The van der Waals surface area contributed by atoms with Crippen molar-refractivity contribution < 1.29 is 4.79 Å². The van der Waals surface area contributed by atoms with Crippen molar-refractivity contribution in [1.82, 2.24) is 14.6 Å². The number of carbonyl (C=O) groups is 1. The number of aromatic nitrogens is 3. The Balaban J connectivity index is 2.00. The van der Waals surface area contributed by atoms with Gasteiger partial charge in [0.1, 0.15) is 11.8 Å². The second-order valence-electron chi connectivity index (χ2n) is 5.79. The van der Waals surface area contributed by atoms with Gasteiger partial charge in [-0.05, 0) is 24.8 Å². The molecule has 1 saturated heterocycles. The van der Waals surface area contributed by atoms with Crippen LogP contribution in [0.3, 0.4) is 0 Å². The van der Waals surface area contributed by atoms with E-state index in [4.69, 9.17) is 0 Å². The second kappa shape index (κ2) is 5.23. The molecular formula is C15H20N4O. The molecule has 1 aliphatic rings. The van der Waals surface area contributed by atoms with E-state index in [-0.39, 0.29) is 5.92 Å². The summed E-state index contributed by atoms with van der Waals surface area (Å²) >= 11 is 0. The van der Waals surface area contributed by atoms with E-state index in [0.717, 1.165) is 49.2 Å². The summed E-state index contributed by atoms with van der Waals surface area (Å²) in [5, 5.41) is 4.59. The van der Waals surface area contributed by atoms with Crippen molar-refractivity contribution in [3.63, 3.8) is 0 Å². The summed E-state index contributed by atoms with van der Waals surface area (Å²) < 4.78 is 1.89. The van der Waals surface area contributed by atoms with Crippen molar-refractivity contribution in [2.24, 2.45) is 5.92 Å². The molecule has 0 spiro atoms. The first-order valence-electron chi connectivity index (χ1n) is 7.23. The molecule has 0 N–H and O–H groups in total. The van der Waals surface area contributed by atoms with Gasteiger partial charge in [-0.25, -0.2) is 9.50 Å². The van der Waals surface area contributed by atoms with Gasteiger partial charge in [-0.15, -0.1) is 0 Å². The number of anilines is 1. The van der Waals surface area contributed by atoms with Crippen LogP contribution >= 0.6 is 0 Å². The quantitative estimate of drug-likeness (QED) is 0.804. The second-order valence-corrected chi connectivity index (χ2v) is 5.79. The third kappa shape index (κ3) is 2.28. The van der Waals surface area contributed by atoms with Crippen LogP contribution in [0.5, 0.6) is 0 Å². The van der Waals surface area contributed by atoms with Crippen LogP contribution in [-0.2, 0) is 4.79 Å². The topological polar surface area (TPSA) is 50.5 Å². The fourth-order valence-electron chi connectivity index (χ4n) is 2.77. The van der Waals surface area contributed by atoms with Gasteiger partial charge >= 0.3 is 0 Å². The number of hydrogen-bond donors (Lipinski definition) is 0. The first-order valence-corrected chi connectivity index (χ1v) is 7.23. The zero-order valence-electron chi connectivity index (χ0n) is 12.0. The molecule has 2 aromatic rings. The largest absolute Gasteiger partial charge is 0.354 e. The molecule has 106 valence electrons. The number of carbonyl (C=O) groups excluding carboxylic acids is 1. The fourth-order valence-corrected chi connectivity index (χ4v) is 2.77. The standard InChI is InChI=1S/C15H20N4O/c1-11(2)13-8-14-15(16-5-7-19(14)17-13)18-6-3-4-12(9-18)10-20/h5,7-8,10-12H,3-4,6,9H2,1-2H3. The highest BCUT2D eigenvalue weighted by molar-refractivity contribution is 5.70. The average Bonchev–Trinajstić information content (AvgIpc) is 2.91. The van der Waals surface area contributed by atoms with Gasteiger partial charge in [-0.1, -0.05) is 13.8 Å². The van der Waals surface area contributed by atoms with Crippen LogP contribution in [0.4, 0.5) is 5.82 Å². The summed E-state index contributed by atoms with van der Waals surface area (Å²) in [6, 6.07) is 2.11. The SMILES string of the molecule is CC(C)c1cc2c(N3CCCC(C=O)C3)nccn2n1. The van der Waals surface area contributed by atoms with E-state index in [9.17, 15) is 4.79 Å². The maximum atomic E-state index is 11.0. The lowest BCUT2D eigenvalue weighted by molar-refractivity contribution is -0.111. The van der Waals surface area contributed by atoms with E-state index in [2.05, 4.69) is 34.9 Å². The Morgan fingerprint density at radius 2 is 2.30 bits per heavy atom. The smallest absolute Gasteiger partial charge is 0.154 e. The summed E-state index contributed by atoms with van der Waals surface area (Å²) in [5.41, 5.74) is 2.10. The molecular weight excluding hydrogens is 252 g/mol. The van der Waals surface area contributed by atoms with E-state index in [0.29, 0.717) is 5.92 Å². The summed E-state index contributed by atoms with van der Waals surface area (Å²) in [4.78, 5) is 17.8. The highest BCUT2D eigenvalue weighted by atomic mass is 16.1. The highest BCUT2D eigenvalue weighted by Gasteiger charge is 2.22. The number of piperidine rings is 1. The van der Waals surface area contributed by atoms with Gasteiger partial charge in [0, 0.05) is 31.4 Å². The molecule has 5 heteroatoms. The van der Waals surface area contributed by atoms with Gasteiger partial charge in [0.05, 0.1) is 5.69 Å². The van der Waals surface area contributed by atoms with E-state index in [1.165, 1.54) is 0 Å². The van der Waals surface area contributed by atoms with Crippen molar-refractivity contribution in [3.05, 3.63) is 24.2 Å². The molecule has 0 amide bonds. The third-order valence-corrected chi connectivity index (χ3v) is 3.93. The van der Waals surface area contributed by atoms with Gasteiger partial charge < -0.3 is 9.69 Å². The average molecular weight is 272 g/mol.